The summed E-state index contributed by atoms with van der Waals surface area (Å²) in [6, 6.07) is 0.143. The summed E-state index contributed by atoms with van der Waals surface area (Å²) in [5.74, 6) is 0.458. The molecule has 0 aromatic carbocycles. The third-order valence-electron chi connectivity index (χ3n) is 4.62. The first-order chi connectivity index (χ1) is 11.1. The average molecular weight is 475 g/mol. The van der Waals surface area contributed by atoms with Gasteiger partial charge in [-0.2, -0.15) is 18.3 Å². The molecule has 6 nitrogen and oxygen atoms in total. The maximum Gasteiger partial charge on any atom is 0.435 e. The van der Waals surface area contributed by atoms with Gasteiger partial charge in [0.1, 0.15) is 0 Å². The first kappa shape index (κ1) is 22.0. The van der Waals surface area contributed by atoms with Crippen LogP contribution < -0.4 is 10.6 Å². The van der Waals surface area contributed by atoms with Crippen molar-refractivity contribution in [2.45, 2.75) is 45.1 Å². The molecule has 0 bridgehead atoms. The highest BCUT2D eigenvalue weighted by atomic mass is 127. The van der Waals surface area contributed by atoms with E-state index >= 15 is 0 Å². The van der Waals surface area contributed by atoms with Gasteiger partial charge in [0.15, 0.2) is 11.7 Å². The second kappa shape index (κ2) is 8.11. The van der Waals surface area contributed by atoms with E-state index in [0.29, 0.717) is 5.96 Å². The van der Waals surface area contributed by atoms with Gasteiger partial charge in [-0.25, -0.2) is 0 Å². The van der Waals surface area contributed by atoms with Crippen LogP contribution in [0.3, 0.4) is 0 Å². The van der Waals surface area contributed by atoms with Crippen molar-refractivity contribution < 1.29 is 17.9 Å². The van der Waals surface area contributed by atoms with Crippen molar-refractivity contribution in [3.63, 3.8) is 0 Å². The van der Waals surface area contributed by atoms with Crippen molar-refractivity contribution >= 4 is 29.9 Å². The SMILES string of the molecule is CN=C(NCc1cn(C)nc1C(F)(F)F)NC1CC(OC)C1(C)C.I. The first-order valence-electron chi connectivity index (χ1n) is 7.69. The van der Waals surface area contributed by atoms with Crippen LogP contribution in [0.1, 0.15) is 31.5 Å². The molecule has 1 fully saturated rings. The molecular weight excluding hydrogens is 450 g/mol. The number of aliphatic imine (C=N–C) groups is 1. The van der Waals surface area contributed by atoms with Crippen LogP contribution in [0.2, 0.25) is 0 Å². The van der Waals surface area contributed by atoms with Gasteiger partial charge in [-0.1, -0.05) is 13.8 Å². The minimum atomic E-state index is -4.48. The van der Waals surface area contributed by atoms with Gasteiger partial charge in [-0.3, -0.25) is 9.67 Å². The lowest BCUT2D eigenvalue weighted by Crippen LogP contribution is -2.63. The monoisotopic (exact) mass is 475 g/mol. The number of aryl methyl sites for hydroxylation is 1. The van der Waals surface area contributed by atoms with Crippen molar-refractivity contribution in [3.05, 3.63) is 17.5 Å². The molecule has 0 radical (unpaired) electrons. The Morgan fingerprint density at radius 1 is 1.48 bits per heavy atom. The maximum atomic E-state index is 13.0. The third-order valence-corrected chi connectivity index (χ3v) is 4.62. The lowest BCUT2D eigenvalue weighted by Gasteiger charge is -2.51. The Morgan fingerprint density at radius 3 is 2.60 bits per heavy atom. The predicted molar refractivity (Wildman–Crippen MR) is 99.9 cm³/mol. The van der Waals surface area contributed by atoms with Crippen molar-refractivity contribution in [1.82, 2.24) is 20.4 Å². The fourth-order valence-corrected chi connectivity index (χ4v) is 2.97. The van der Waals surface area contributed by atoms with E-state index in [1.54, 1.807) is 14.2 Å². The Bertz CT molecular complexity index is 615. The summed E-state index contributed by atoms with van der Waals surface area (Å²) in [5, 5.41) is 9.66. The van der Waals surface area contributed by atoms with Crippen LogP contribution >= 0.6 is 24.0 Å². The van der Waals surface area contributed by atoms with Gasteiger partial charge in [-0.05, 0) is 6.42 Å². The third kappa shape index (κ3) is 4.78. The number of hydrogen-bond acceptors (Lipinski definition) is 3. The lowest BCUT2D eigenvalue weighted by atomic mass is 9.64. The van der Waals surface area contributed by atoms with Crippen LogP contribution in [-0.2, 0) is 24.5 Å². The number of hydrogen-bond donors (Lipinski definition) is 2. The summed E-state index contributed by atoms with van der Waals surface area (Å²) in [5.41, 5.74) is -0.871. The van der Waals surface area contributed by atoms with Gasteiger partial charge < -0.3 is 15.4 Å². The maximum absolute atomic E-state index is 13.0. The fourth-order valence-electron chi connectivity index (χ4n) is 2.97. The number of ether oxygens (including phenoxy) is 1. The van der Waals surface area contributed by atoms with Gasteiger partial charge in [0.25, 0.3) is 0 Å². The van der Waals surface area contributed by atoms with Crippen LogP contribution in [0.15, 0.2) is 11.2 Å². The number of nitrogens with zero attached hydrogens (tertiary/aromatic N) is 3. The molecule has 0 amide bonds. The van der Waals surface area contributed by atoms with Crippen molar-refractivity contribution in [2.75, 3.05) is 14.2 Å². The van der Waals surface area contributed by atoms with Crippen LogP contribution in [0.25, 0.3) is 0 Å². The molecule has 2 unspecified atom stereocenters. The molecule has 144 valence electrons. The molecule has 1 aromatic heterocycles. The van der Waals surface area contributed by atoms with E-state index in [9.17, 15) is 13.2 Å². The van der Waals surface area contributed by atoms with Crippen LogP contribution in [-0.4, -0.2) is 42.0 Å². The molecule has 25 heavy (non-hydrogen) atoms. The smallest absolute Gasteiger partial charge is 0.381 e. The number of methoxy groups -OCH3 is 1. The molecule has 10 heteroatoms. The van der Waals surface area contributed by atoms with E-state index in [1.165, 1.54) is 13.2 Å². The highest BCUT2D eigenvalue weighted by Crippen LogP contribution is 2.42. The summed E-state index contributed by atoms with van der Waals surface area (Å²) >= 11 is 0. The molecule has 2 rings (SSSR count). The Labute approximate surface area is 162 Å². The van der Waals surface area contributed by atoms with E-state index in [1.807, 2.05) is 0 Å². The topological polar surface area (TPSA) is 63.5 Å². The quantitative estimate of drug-likeness (QED) is 0.399. The number of guanidine groups is 1. The number of nitrogens with one attached hydrogen (secondary N) is 2. The number of alkyl halides is 3. The Morgan fingerprint density at radius 2 is 2.12 bits per heavy atom. The number of aromatic nitrogens is 2. The highest BCUT2D eigenvalue weighted by Gasteiger charge is 2.49. The van der Waals surface area contributed by atoms with Crippen LogP contribution in [0.5, 0.6) is 0 Å². The molecular formula is C15H25F3IN5O. The van der Waals surface area contributed by atoms with Gasteiger partial charge in [-0.15, -0.1) is 24.0 Å². The Kier molecular flexibility index (Phi) is 7.13. The summed E-state index contributed by atoms with van der Waals surface area (Å²) in [7, 11) is 4.73. The van der Waals surface area contributed by atoms with Crippen molar-refractivity contribution in [1.29, 1.82) is 0 Å². The summed E-state index contributed by atoms with van der Waals surface area (Å²) in [4.78, 5) is 4.09. The molecule has 1 heterocycles. The first-order valence-corrected chi connectivity index (χ1v) is 7.69. The normalized spacial score (nSPS) is 22.8. The van der Waals surface area contributed by atoms with Crippen LogP contribution in [0.4, 0.5) is 13.2 Å². The number of rotatable bonds is 4. The molecule has 0 aliphatic heterocycles. The van der Waals surface area contributed by atoms with E-state index < -0.39 is 11.9 Å². The van der Waals surface area contributed by atoms with Gasteiger partial charge in [0.2, 0.25) is 0 Å². The second-order valence-electron chi connectivity index (χ2n) is 6.58. The van der Waals surface area contributed by atoms with Crippen molar-refractivity contribution in [3.8, 4) is 0 Å². The molecule has 0 saturated heterocycles. The van der Waals surface area contributed by atoms with E-state index in [2.05, 4.69) is 34.6 Å². The lowest BCUT2D eigenvalue weighted by molar-refractivity contribution is -0.142. The second-order valence-corrected chi connectivity index (χ2v) is 6.58. The van der Waals surface area contributed by atoms with Crippen molar-refractivity contribution in [2.24, 2.45) is 17.5 Å². The average Bonchev–Trinajstić information content (AvgIpc) is 2.87. The summed E-state index contributed by atoms with van der Waals surface area (Å²) in [6.45, 7) is 4.15. The largest absolute Gasteiger partial charge is 0.435 e. The number of halogens is 4. The van der Waals surface area contributed by atoms with Gasteiger partial charge >= 0.3 is 6.18 Å². The molecule has 1 aromatic rings. The zero-order chi connectivity index (χ0) is 18.1. The molecule has 2 N–H and O–H groups in total. The highest BCUT2D eigenvalue weighted by molar-refractivity contribution is 14.0. The van der Waals surface area contributed by atoms with E-state index in [-0.39, 0.29) is 53.6 Å². The predicted octanol–water partition coefficient (Wildman–Crippen LogP) is 2.54. The zero-order valence-corrected chi connectivity index (χ0v) is 17.3. The van der Waals surface area contributed by atoms with Gasteiger partial charge in [0, 0.05) is 51.0 Å². The fraction of sp³-hybridized carbons (Fsp3) is 0.733. The van der Waals surface area contributed by atoms with Crippen LogP contribution in [0, 0.1) is 5.41 Å². The Balaban J connectivity index is 0.00000312. The summed E-state index contributed by atoms with van der Waals surface area (Å²) in [6.07, 6.45) is -2.14. The van der Waals surface area contributed by atoms with E-state index in [0.717, 1.165) is 11.1 Å². The minimum Gasteiger partial charge on any atom is -0.381 e. The molecule has 1 aliphatic rings. The zero-order valence-electron chi connectivity index (χ0n) is 14.9. The minimum absolute atomic E-state index is 0. The Hall–Kier alpha value is -1.04. The molecule has 2 atom stereocenters. The van der Waals surface area contributed by atoms with Gasteiger partial charge in [0.05, 0.1) is 6.10 Å². The molecule has 0 spiro atoms. The summed E-state index contributed by atoms with van der Waals surface area (Å²) < 4.78 is 45.4. The standard InChI is InChI=1S/C15H24F3N5O.HI/c1-14(2)10(6-11(14)24-5)21-13(19-3)20-7-9-8-23(4)22-12(9)15(16,17)18;/h8,10-11H,6-7H2,1-5H3,(H2,19,20,21);1H. The molecule has 1 aliphatic carbocycles. The molecule has 1 saturated carbocycles. The van der Waals surface area contributed by atoms with E-state index in [4.69, 9.17) is 4.74 Å².